The van der Waals surface area contributed by atoms with Crippen LogP contribution in [-0.4, -0.2) is 119 Å². The summed E-state index contributed by atoms with van der Waals surface area (Å²) >= 11 is 0. The van der Waals surface area contributed by atoms with Crippen LogP contribution in [0.3, 0.4) is 0 Å². The number of benzene rings is 2. The number of likely N-dealkylation sites (N-methyl/N-ethyl adjacent to an activating group) is 1. The molecule has 1 saturated heterocycles. The lowest BCUT2D eigenvalue weighted by molar-refractivity contribution is -0.142. The second-order valence-corrected chi connectivity index (χ2v) is 15.3. The third kappa shape index (κ3) is 16.3. The molecule has 1 fully saturated rings. The normalized spacial score (nSPS) is 22.1. The zero-order valence-electron chi connectivity index (χ0n) is 35.3. The molecule has 7 atom stereocenters. The van der Waals surface area contributed by atoms with Gasteiger partial charge < -0.3 is 58.5 Å². The lowest BCUT2D eigenvalue weighted by Crippen LogP contribution is -2.60. The van der Waals surface area contributed by atoms with Crippen LogP contribution in [0.1, 0.15) is 76.8 Å². The van der Waals surface area contributed by atoms with Gasteiger partial charge in [-0.15, -0.1) is 0 Å². The fraction of sp³-hybridized carbons (Fsp3) is 0.524. The molecule has 0 spiro atoms. The van der Waals surface area contributed by atoms with Gasteiger partial charge in [0.2, 0.25) is 29.5 Å². The maximum atomic E-state index is 14.2. The number of nitrogens with zero attached hydrogens (tertiary/aromatic N) is 2. The van der Waals surface area contributed by atoms with E-state index in [9.17, 15) is 43.8 Å². The summed E-state index contributed by atoms with van der Waals surface area (Å²) in [6.07, 6.45) is 1.85. The number of aromatic hydroxyl groups is 1. The molecule has 1 aliphatic heterocycles. The Labute approximate surface area is 356 Å². The number of amides is 7. The Balaban J connectivity index is 1.97. The van der Waals surface area contributed by atoms with Crippen LogP contribution in [0.5, 0.6) is 5.75 Å². The number of nitrogens with two attached hydrogens (primary N) is 2. The Morgan fingerprint density at radius 1 is 0.902 bits per heavy atom. The number of carboxylic acids is 1. The van der Waals surface area contributed by atoms with Gasteiger partial charge in [0, 0.05) is 26.6 Å². The van der Waals surface area contributed by atoms with Gasteiger partial charge in [0.05, 0.1) is 0 Å². The van der Waals surface area contributed by atoms with Gasteiger partial charge in [0.1, 0.15) is 42.0 Å². The first-order valence-corrected chi connectivity index (χ1v) is 20.6. The highest BCUT2D eigenvalue weighted by Gasteiger charge is 2.36. The van der Waals surface area contributed by atoms with Crippen LogP contribution in [0.2, 0.25) is 0 Å². The first kappa shape index (κ1) is 49.0. The van der Waals surface area contributed by atoms with E-state index in [0.717, 1.165) is 11.1 Å². The molecule has 0 radical (unpaired) electrons. The standard InChI is InChI=1S/C42H62N10O9/c1-5-25(2)34-38(57)47-31(21-18-27-16-19-29(53)20-17-27)39(58)52(4)26(3)35(54)48-33(24-28-12-7-6-8-13-28)36(55)45-22-10-9-14-30(37(56)51-34)49-42(61)50-32(40(59)60)15-11-23-46-41(43)44/h6-8,12-13,16-17,19-20,25-26,30-34,53H,5,9-11,14-15,18,21-24H2,1-4H3,(H,45,55)(H,47,57)(H,48,54)(H,51,56)(H,59,60)(H4,43,44,46)(H2,49,50,61)/t25-,26+,30-,31+,32+,33+,34-/m1/s1. The third-order valence-corrected chi connectivity index (χ3v) is 10.7. The summed E-state index contributed by atoms with van der Waals surface area (Å²) in [6.45, 7) is 5.36. The summed E-state index contributed by atoms with van der Waals surface area (Å²) in [4.78, 5) is 100. The van der Waals surface area contributed by atoms with Crippen LogP contribution in [0, 0.1) is 5.92 Å². The van der Waals surface area contributed by atoms with Crippen molar-refractivity contribution in [2.45, 2.75) is 115 Å². The molecule has 19 nitrogen and oxygen atoms in total. The number of urea groups is 1. The van der Waals surface area contributed by atoms with Crippen LogP contribution in [0.25, 0.3) is 0 Å². The fourth-order valence-electron chi connectivity index (χ4n) is 6.61. The molecule has 0 saturated carbocycles. The summed E-state index contributed by atoms with van der Waals surface area (Å²) in [7, 11) is 1.43. The Hall–Kier alpha value is -6.40. The van der Waals surface area contributed by atoms with Crippen molar-refractivity contribution in [3.63, 3.8) is 0 Å². The second-order valence-electron chi connectivity index (χ2n) is 15.3. The average Bonchev–Trinajstić information content (AvgIpc) is 3.23. The number of guanidine groups is 1. The minimum atomic E-state index is -1.34. The minimum Gasteiger partial charge on any atom is -0.508 e. The molecule has 1 aliphatic rings. The molecule has 334 valence electrons. The van der Waals surface area contributed by atoms with Gasteiger partial charge >= 0.3 is 12.0 Å². The predicted octanol–water partition coefficient (Wildman–Crippen LogP) is 0.390. The molecule has 1 heterocycles. The molecule has 3 rings (SSSR count). The van der Waals surface area contributed by atoms with Gasteiger partial charge in [-0.1, -0.05) is 62.7 Å². The largest absolute Gasteiger partial charge is 0.508 e. The number of aryl methyl sites for hydroxylation is 1. The smallest absolute Gasteiger partial charge is 0.326 e. The molecule has 2 aromatic rings. The summed E-state index contributed by atoms with van der Waals surface area (Å²) < 4.78 is 0. The van der Waals surface area contributed by atoms with E-state index in [-0.39, 0.29) is 63.3 Å². The van der Waals surface area contributed by atoms with Gasteiger partial charge in [0.25, 0.3) is 0 Å². The number of aliphatic imine (C=N–C) groups is 1. The number of phenols is 1. The molecule has 12 N–H and O–H groups in total. The molecule has 7 amide bonds. The SMILES string of the molecule is CC[C@@H](C)[C@H]1NC(=O)[C@H](NC(=O)N[C@@H](CCCN=C(N)N)C(=O)O)CCCCNC(=O)[C@H](Cc2ccccc2)NC(=O)[C@H](C)N(C)C(=O)[C@H](CCc2ccc(O)cc2)NC1=O. The van der Waals surface area contributed by atoms with Crippen molar-refractivity contribution in [3.8, 4) is 5.75 Å². The maximum absolute atomic E-state index is 14.2. The van der Waals surface area contributed by atoms with Crippen LogP contribution in [0.4, 0.5) is 4.79 Å². The number of rotatable bonds is 14. The minimum absolute atomic E-state index is 0.0152. The number of phenolic OH excluding ortho intramolecular Hbond substituents is 1. The Kier molecular flexibility index (Phi) is 19.8. The highest BCUT2D eigenvalue weighted by Crippen LogP contribution is 2.16. The van der Waals surface area contributed by atoms with Crippen LogP contribution in [0.15, 0.2) is 59.6 Å². The van der Waals surface area contributed by atoms with E-state index in [1.807, 2.05) is 37.3 Å². The van der Waals surface area contributed by atoms with Crippen molar-refractivity contribution in [2.24, 2.45) is 22.4 Å². The van der Waals surface area contributed by atoms with Gasteiger partial charge in [-0.05, 0) is 81.0 Å². The Morgan fingerprint density at radius 2 is 1.57 bits per heavy atom. The molecule has 0 unspecified atom stereocenters. The summed E-state index contributed by atoms with van der Waals surface area (Å²) in [5, 5.41) is 35.7. The summed E-state index contributed by atoms with van der Waals surface area (Å²) in [6, 6.07) is 7.46. The van der Waals surface area contributed by atoms with E-state index >= 15 is 0 Å². The maximum Gasteiger partial charge on any atom is 0.326 e. The summed E-state index contributed by atoms with van der Waals surface area (Å²) in [5.74, 6) is -4.96. The number of hydrogen-bond acceptors (Lipinski definition) is 9. The number of carbonyl (C=O) groups excluding carboxylic acids is 6. The van der Waals surface area contributed by atoms with E-state index in [4.69, 9.17) is 11.5 Å². The lowest BCUT2D eigenvalue weighted by atomic mass is 9.96. The van der Waals surface area contributed by atoms with Crippen molar-refractivity contribution < 1.29 is 43.8 Å². The number of hydrogen-bond donors (Lipinski definition) is 10. The molecular weight excluding hydrogens is 789 g/mol. The van der Waals surface area contributed by atoms with Crippen molar-refractivity contribution >= 4 is 47.5 Å². The van der Waals surface area contributed by atoms with E-state index < -0.39 is 83.7 Å². The first-order chi connectivity index (χ1) is 29.0. The molecule has 0 aromatic heterocycles. The highest BCUT2D eigenvalue weighted by molar-refractivity contribution is 5.96. The monoisotopic (exact) mass is 850 g/mol. The van der Waals surface area contributed by atoms with Gasteiger partial charge in [-0.3, -0.25) is 29.0 Å². The van der Waals surface area contributed by atoms with Crippen molar-refractivity contribution in [3.05, 3.63) is 65.7 Å². The third-order valence-electron chi connectivity index (χ3n) is 10.7. The topological polar surface area (TPSA) is 300 Å². The quantitative estimate of drug-likeness (QED) is 0.0705. The lowest BCUT2D eigenvalue weighted by Gasteiger charge is -2.32. The summed E-state index contributed by atoms with van der Waals surface area (Å²) in [5.41, 5.74) is 12.2. The molecule has 19 heteroatoms. The van der Waals surface area contributed by atoms with Gasteiger partial charge in [-0.25, -0.2) is 9.59 Å². The fourth-order valence-corrected chi connectivity index (χ4v) is 6.61. The van der Waals surface area contributed by atoms with Crippen molar-refractivity contribution in [1.29, 1.82) is 0 Å². The van der Waals surface area contributed by atoms with Crippen LogP contribution >= 0.6 is 0 Å². The van der Waals surface area contributed by atoms with E-state index in [1.165, 1.54) is 31.0 Å². The average molecular weight is 851 g/mol. The van der Waals surface area contributed by atoms with Gasteiger partial charge in [0.15, 0.2) is 5.96 Å². The Bertz CT molecular complexity index is 1820. The van der Waals surface area contributed by atoms with Crippen LogP contribution in [-0.2, 0) is 41.6 Å². The first-order valence-electron chi connectivity index (χ1n) is 20.6. The number of carbonyl (C=O) groups is 7. The highest BCUT2D eigenvalue weighted by atomic mass is 16.4. The van der Waals surface area contributed by atoms with Crippen molar-refractivity contribution in [2.75, 3.05) is 20.1 Å². The Morgan fingerprint density at radius 3 is 2.21 bits per heavy atom. The van der Waals surface area contributed by atoms with Crippen LogP contribution < -0.4 is 43.4 Å². The predicted molar refractivity (Wildman–Crippen MR) is 228 cm³/mol. The second kappa shape index (κ2) is 24.6. The molecule has 0 aliphatic carbocycles. The van der Waals surface area contributed by atoms with E-state index in [1.54, 1.807) is 19.1 Å². The number of nitrogens with one attached hydrogen (secondary N) is 6. The van der Waals surface area contributed by atoms with Gasteiger partial charge in [-0.2, -0.15) is 0 Å². The molecule has 61 heavy (non-hydrogen) atoms. The van der Waals surface area contributed by atoms with E-state index in [0.29, 0.717) is 19.3 Å². The number of aliphatic carboxylic acids is 1. The molecular formula is C42H62N10O9. The van der Waals surface area contributed by atoms with E-state index in [2.05, 4.69) is 36.9 Å². The molecule has 0 bridgehead atoms. The zero-order valence-corrected chi connectivity index (χ0v) is 35.3. The van der Waals surface area contributed by atoms with Crippen molar-refractivity contribution in [1.82, 2.24) is 36.8 Å². The molecule has 2 aromatic carbocycles. The zero-order chi connectivity index (χ0) is 45.1. The number of carboxylic acid groups (broad SMARTS) is 1.